The molecule has 1 saturated heterocycles. The fourth-order valence-electron chi connectivity index (χ4n) is 3.49. The molecule has 0 spiro atoms. The Morgan fingerprint density at radius 3 is 2.30 bits per heavy atom. The third-order valence-corrected chi connectivity index (χ3v) is 5.21. The number of aromatic nitrogens is 1. The second-order valence-electron chi connectivity index (χ2n) is 6.89. The van der Waals surface area contributed by atoms with Crippen molar-refractivity contribution in [1.82, 2.24) is 9.88 Å². The molecule has 0 aliphatic carbocycles. The predicted octanol–water partition coefficient (Wildman–Crippen LogP) is 4.31. The van der Waals surface area contributed by atoms with Gasteiger partial charge in [0.1, 0.15) is 5.82 Å². The molecule has 2 heterocycles. The van der Waals surface area contributed by atoms with Gasteiger partial charge in [0.2, 0.25) is 0 Å². The van der Waals surface area contributed by atoms with Crippen LogP contribution >= 0.6 is 11.6 Å². The van der Waals surface area contributed by atoms with E-state index in [1.807, 2.05) is 30.3 Å². The van der Waals surface area contributed by atoms with E-state index < -0.39 is 0 Å². The summed E-state index contributed by atoms with van der Waals surface area (Å²) in [6, 6.07) is 22.4. The highest BCUT2D eigenvalue weighted by Gasteiger charge is 2.18. The quantitative estimate of drug-likeness (QED) is 0.734. The van der Waals surface area contributed by atoms with Crippen LogP contribution in [-0.4, -0.2) is 36.1 Å². The van der Waals surface area contributed by atoms with Gasteiger partial charge >= 0.3 is 0 Å². The van der Waals surface area contributed by atoms with Gasteiger partial charge in [0.15, 0.2) is 0 Å². The summed E-state index contributed by atoms with van der Waals surface area (Å²) in [5.41, 5.74) is 10.5. The molecule has 0 radical (unpaired) electrons. The molecular formula is C22H23ClN4. The first-order chi connectivity index (χ1) is 13.2. The summed E-state index contributed by atoms with van der Waals surface area (Å²) in [5.74, 6) is 0.546. The van der Waals surface area contributed by atoms with Crippen molar-refractivity contribution in [3.63, 3.8) is 0 Å². The first-order valence-electron chi connectivity index (χ1n) is 9.22. The highest BCUT2D eigenvalue weighted by atomic mass is 35.5. The van der Waals surface area contributed by atoms with Crippen molar-refractivity contribution in [2.24, 2.45) is 0 Å². The number of halogens is 1. The lowest BCUT2D eigenvalue weighted by Gasteiger charge is -2.36. The van der Waals surface area contributed by atoms with Crippen LogP contribution < -0.4 is 10.6 Å². The third-order valence-electron chi connectivity index (χ3n) is 4.96. The van der Waals surface area contributed by atoms with E-state index in [9.17, 15) is 0 Å². The lowest BCUT2D eigenvalue weighted by Crippen LogP contribution is -2.46. The number of rotatable bonds is 4. The van der Waals surface area contributed by atoms with E-state index in [1.54, 1.807) is 0 Å². The number of pyridine rings is 1. The second-order valence-corrected chi connectivity index (χ2v) is 7.33. The van der Waals surface area contributed by atoms with Crippen molar-refractivity contribution in [3.8, 4) is 11.3 Å². The number of nitrogens with zero attached hydrogens (tertiary/aromatic N) is 3. The van der Waals surface area contributed by atoms with E-state index in [0.29, 0.717) is 5.82 Å². The van der Waals surface area contributed by atoms with Gasteiger partial charge in [-0.25, -0.2) is 4.98 Å². The molecule has 3 aromatic rings. The van der Waals surface area contributed by atoms with Gasteiger partial charge in [-0.3, -0.25) is 4.90 Å². The highest BCUT2D eigenvalue weighted by Crippen LogP contribution is 2.27. The minimum atomic E-state index is 0.546. The summed E-state index contributed by atoms with van der Waals surface area (Å²) in [4.78, 5) is 9.38. The van der Waals surface area contributed by atoms with Crippen LogP contribution in [0.15, 0.2) is 66.7 Å². The molecule has 27 heavy (non-hydrogen) atoms. The van der Waals surface area contributed by atoms with Crippen molar-refractivity contribution in [1.29, 1.82) is 0 Å². The maximum Gasteiger partial charge on any atom is 0.126 e. The molecule has 0 atom stereocenters. The molecule has 138 valence electrons. The molecule has 1 fully saturated rings. The van der Waals surface area contributed by atoms with E-state index >= 15 is 0 Å². The number of benzene rings is 2. The van der Waals surface area contributed by atoms with Gasteiger partial charge in [-0.1, -0.05) is 54.1 Å². The molecule has 1 aromatic heterocycles. The average molecular weight is 379 g/mol. The Labute approximate surface area is 165 Å². The SMILES string of the molecule is Nc1cc(N2CCN(Cc3ccccc3)CC2)cc(-c2ccc(Cl)cc2)n1. The van der Waals surface area contributed by atoms with E-state index in [2.05, 4.69) is 51.2 Å². The Kier molecular flexibility index (Phi) is 5.28. The molecule has 0 saturated carbocycles. The number of hydrogen-bond donors (Lipinski definition) is 1. The number of anilines is 2. The lowest BCUT2D eigenvalue weighted by molar-refractivity contribution is 0.250. The molecule has 1 aliphatic heterocycles. The van der Waals surface area contributed by atoms with Gasteiger partial charge in [-0.2, -0.15) is 0 Å². The molecule has 1 aliphatic rings. The third kappa shape index (κ3) is 4.41. The Morgan fingerprint density at radius 1 is 0.889 bits per heavy atom. The van der Waals surface area contributed by atoms with Gasteiger partial charge < -0.3 is 10.6 Å². The fourth-order valence-corrected chi connectivity index (χ4v) is 3.62. The number of piperazine rings is 1. The second kappa shape index (κ2) is 7.99. The van der Waals surface area contributed by atoms with Crippen LogP contribution in [0, 0.1) is 0 Å². The van der Waals surface area contributed by atoms with E-state index in [-0.39, 0.29) is 0 Å². The standard InChI is InChI=1S/C22H23ClN4/c23-19-8-6-18(7-9-19)21-14-20(15-22(24)25-21)27-12-10-26(11-13-27)16-17-4-2-1-3-5-17/h1-9,14-15H,10-13,16H2,(H2,24,25). The molecule has 2 aromatic carbocycles. The van der Waals surface area contributed by atoms with Gasteiger partial charge in [-0.05, 0) is 23.8 Å². The first-order valence-corrected chi connectivity index (χ1v) is 9.60. The Bertz CT molecular complexity index is 888. The minimum absolute atomic E-state index is 0.546. The van der Waals surface area contributed by atoms with Crippen molar-refractivity contribution in [3.05, 3.63) is 77.3 Å². The fraction of sp³-hybridized carbons (Fsp3) is 0.227. The highest BCUT2D eigenvalue weighted by molar-refractivity contribution is 6.30. The summed E-state index contributed by atoms with van der Waals surface area (Å²) >= 11 is 6.00. The van der Waals surface area contributed by atoms with Crippen LogP contribution in [0.25, 0.3) is 11.3 Å². The number of nitrogen functional groups attached to an aromatic ring is 1. The monoisotopic (exact) mass is 378 g/mol. The Balaban J connectivity index is 1.46. The summed E-state index contributed by atoms with van der Waals surface area (Å²) in [6.45, 7) is 5.04. The maximum absolute atomic E-state index is 6.09. The summed E-state index contributed by atoms with van der Waals surface area (Å²) < 4.78 is 0. The van der Waals surface area contributed by atoms with Gasteiger partial charge in [0.25, 0.3) is 0 Å². The molecular weight excluding hydrogens is 356 g/mol. The smallest absolute Gasteiger partial charge is 0.126 e. The summed E-state index contributed by atoms with van der Waals surface area (Å²) in [7, 11) is 0. The van der Waals surface area contributed by atoms with Crippen LogP contribution in [0.1, 0.15) is 5.56 Å². The largest absolute Gasteiger partial charge is 0.384 e. The van der Waals surface area contributed by atoms with Gasteiger partial charge in [-0.15, -0.1) is 0 Å². The molecule has 4 nitrogen and oxygen atoms in total. The van der Waals surface area contributed by atoms with Crippen molar-refractivity contribution >= 4 is 23.1 Å². The van der Waals surface area contributed by atoms with Crippen molar-refractivity contribution in [2.75, 3.05) is 36.8 Å². The molecule has 4 rings (SSSR count). The van der Waals surface area contributed by atoms with Crippen molar-refractivity contribution < 1.29 is 0 Å². The van der Waals surface area contributed by atoms with Crippen LogP contribution in [0.4, 0.5) is 11.5 Å². The van der Waals surface area contributed by atoms with E-state index in [1.165, 1.54) is 5.56 Å². The van der Waals surface area contributed by atoms with Gasteiger partial charge in [0.05, 0.1) is 5.69 Å². The van der Waals surface area contributed by atoms with Gasteiger partial charge in [0, 0.05) is 55.1 Å². The predicted molar refractivity (Wildman–Crippen MR) is 113 cm³/mol. The van der Waals surface area contributed by atoms with Crippen LogP contribution in [0.5, 0.6) is 0 Å². The van der Waals surface area contributed by atoms with E-state index in [0.717, 1.165) is 54.7 Å². The van der Waals surface area contributed by atoms with Crippen LogP contribution in [0.2, 0.25) is 5.02 Å². The molecule has 0 unspecified atom stereocenters. The van der Waals surface area contributed by atoms with Crippen molar-refractivity contribution in [2.45, 2.75) is 6.54 Å². The number of nitrogens with two attached hydrogens (primary N) is 1. The van der Waals surface area contributed by atoms with Crippen LogP contribution in [0.3, 0.4) is 0 Å². The zero-order valence-corrected chi connectivity index (χ0v) is 15.9. The first kappa shape index (κ1) is 17.8. The average Bonchev–Trinajstić information content (AvgIpc) is 2.69. The molecule has 0 bridgehead atoms. The maximum atomic E-state index is 6.09. The molecule has 2 N–H and O–H groups in total. The Hall–Kier alpha value is -2.56. The van der Waals surface area contributed by atoms with Crippen LogP contribution in [-0.2, 0) is 6.54 Å². The summed E-state index contributed by atoms with van der Waals surface area (Å²) in [6.07, 6.45) is 0. The number of hydrogen-bond acceptors (Lipinski definition) is 4. The normalized spacial score (nSPS) is 15.1. The topological polar surface area (TPSA) is 45.4 Å². The molecule has 5 heteroatoms. The minimum Gasteiger partial charge on any atom is -0.384 e. The Morgan fingerprint density at radius 2 is 1.59 bits per heavy atom. The molecule has 0 amide bonds. The lowest BCUT2D eigenvalue weighted by atomic mass is 10.1. The van der Waals surface area contributed by atoms with E-state index in [4.69, 9.17) is 17.3 Å². The summed E-state index contributed by atoms with van der Waals surface area (Å²) in [5, 5.41) is 0.720. The zero-order valence-electron chi connectivity index (χ0n) is 15.2. The zero-order chi connectivity index (χ0) is 18.6.